The molecule has 0 aromatic carbocycles. The van der Waals surface area contributed by atoms with Crippen molar-refractivity contribution < 1.29 is 14.8 Å². The zero-order valence-corrected chi connectivity index (χ0v) is 6.72. The van der Waals surface area contributed by atoms with Crippen molar-refractivity contribution in [2.45, 2.75) is 6.92 Å². The molecule has 0 spiro atoms. The summed E-state index contributed by atoms with van der Waals surface area (Å²) in [7, 11) is 0. The summed E-state index contributed by atoms with van der Waals surface area (Å²) in [5.41, 5.74) is -0.443. The molecular weight excluding hydrogens is 176 g/mol. The molecule has 0 bridgehead atoms. The van der Waals surface area contributed by atoms with E-state index in [1.807, 2.05) is 0 Å². The highest BCUT2D eigenvalue weighted by Gasteiger charge is 2.18. The van der Waals surface area contributed by atoms with Crippen LogP contribution in [0.3, 0.4) is 0 Å². The molecule has 1 aromatic rings. The van der Waals surface area contributed by atoms with Crippen molar-refractivity contribution in [3.05, 3.63) is 33.6 Å². The van der Waals surface area contributed by atoms with E-state index in [1.165, 1.54) is 13.0 Å². The van der Waals surface area contributed by atoms with Gasteiger partial charge in [-0.1, -0.05) is 0 Å². The Morgan fingerprint density at radius 3 is 2.77 bits per heavy atom. The molecular formula is C7H6N2O4. The Balaban J connectivity index is 3.35. The highest BCUT2D eigenvalue weighted by molar-refractivity contribution is 5.88. The molecule has 6 nitrogen and oxygen atoms in total. The zero-order valence-electron chi connectivity index (χ0n) is 6.72. The van der Waals surface area contributed by atoms with Crippen molar-refractivity contribution in [3.8, 4) is 0 Å². The van der Waals surface area contributed by atoms with Crippen LogP contribution < -0.4 is 0 Å². The van der Waals surface area contributed by atoms with Crippen LogP contribution >= 0.6 is 0 Å². The molecule has 0 aliphatic rings. The average molecular weight is 182 g/mol. The quantitative estimate of drug-likeness (QED) is 0.543. The van der Waals surface area contributed by atoms with Crippen LogP contribution in [0.1, 0.15) is 16.1 Å². The summed E-state index contributed by atoms with van der Waals surface area (Å²) in [6, 6.07) is 1.17. The summed E-state index contributed by atoms with van der Waals surface area (Å²) in [6.07, 6.45) is 1.11. The molecule has 1 rings (SSSR count). The van der Waals surface area contributed by atoms with Gasteiger partial charge < -0.3 is 5.11 Å². The smallest absolute Gasteiger partial charge is 0.355 e. The van der Waals surface area contributed by atoms with Gasteiger partial charge in [0, 0.05) is 12.3 Å². The number of aromatic carboxylic acids is 1. The number of hydrogen-bond acceptors (Lipinski definition) is 4. The topological polar surface area (TPSA) is 93.3 Å². The minimum Gasteiger partial charge on any atom is -0.476 e. The molecule has 0 atom stereocenters. The zero-order chi connectivity index (χ0) is 10.0. The molecule has 0 unspecified atom stereocenters. The van der Waals surface area contributed by atoms with E-state index in [-0.39, 0.29) is 16.9 Å². The fourth-order valence-corrected chi connectivity index (χ4v) is 0.939. The number of carboxylic acids is 1. The van der Waals surface area contributed by atoms with Gasteiger partial charge in [0.2, 0.25) is 0 Å². The number of aromatic nitrogens is 1. The van der Waals surface area contributed by atoms with Crippen LogP contribution in [-0.4, -0.2) is 21.0 Å². The molecule has 0 amide bonds. The van der Waals surface area contributed by atoms with Crippen LogP contribution in [-0.2, 0) is 0 Å². The van der Waals surface area contributed by atoms with Crippen molar-refractivity contribution in [1.82, 2.24) is 4.98 Å². The second-order valence-electron chi connectivity index (χ2n) is 2.37. The van der Waals surface area contributed by atoms with Gasteiger partial charge in [0.15, 0.2) is 5.69 Å². The van der Waals surface area contributed by atoms with Crippen molar-refractivity contribution in [1.29, 1.82) is 0 Å². The molecule has 0 aliphatic heterocycles. The lowest BCUT2D eigenvalue weighted by atomic mass is 10.2. The lowest BCUT2D eigenvalue weighted by Crippen LogP contribution is -2.05. The van der Waals surface area contributed by atoms with E-state index in [4.69, 9.17) is 5.11 Å². The maximum atomic E-state index is 10.5. The van der Waals surface area contributed by atoms with Gasteiger partial charge in [-0.25, -0.2) is 9.78 Å². The Morgan fingerprint density at radius 2 is 2.31 bits per heavy atom. The summed E-state index contributed by atoms with van der Waals surface area (Å²) in [4.78, 5) is 23.8. The molecule has 68 valence electrons. The van der Waals surface area contributed by atoms with Gasteiger partial charge in [-0.15, -0.1) is 0 Å². The van der Waals surface area contributed by atoms with Gasteiger partial charge in [0.25, 0.3) is 5.69 Å². The molecule has 0 saturated heterocycles. The first-order valence-electron chi connectivity index (χ1n) is 3.37. The van der Waals surface area contributed by atoms with E-state index in [1.54, 1.807) is 0 Å². The number of hydrogen-bond donors (Lipinski definition) is 1. The standard InChI is InChI=1S/C7H6N2O4/c1-4-5(9(12)13)2-3-8-6(4)7(10)11/h2-3H,1H3,(H,10,11). The van der Waals surface area contributed by atoms with Gasteiger partial charge >= 0.3 is 5.97 Å². The van der Waals surface area contributed by atoms with Crippen LogP contribution in [0.2, 0.25) is 0 Å². The van der Waals surface area contributed by atoms with E-state index in [0.717, 1.165) is 6.20 Å². The van der Waals surface area contributed by atoms with Gasteiger partial charge in [-0.2, -0.15) is 0 Å². The van der Waals surface area contributed by atoms with Crippen LogP contribution in [0.25, 0.3) is 0 Å². The third-order valence-electron chi connectivity index (χ3n) is 1.57. The van der Waals surface area contributed by atoms with Crippen molar-refractivity contribution in [3.63, 3.8) is 0 Å². The summed E-state index contributed by atoms with van der Waals surface area (Å²) in [6.45, 7) is 1.36. The SMILES string of the molecule is Cc1c([N+](=O)[O-])ccnc1C(=O)O. The van der Waals surface area contributed by atoms with E-state index < -0.39 is 10.9 Å². The highest BCUT2D eigenvalue weighted by atomic mass is 16.6. The third kappa shape index (κ3) is 1.61. The first-order chi connectivity index (χ1) is 6.04. The number of carbonyl (C=O) groups is 1. The molecule has 0 fully saturated rings. The maximum absolute atomic E-state index is 10.5. The van der Waals surface area contributed by atoms with Crippen molar-refractivity contribution in [2.24, 2.45) is 0 Å². The summed E-state index contributed by atoms with van der Waals surface area (Å²) < 4.78 is 0. The normalized spacial score (nSPS) is 9.62. The number of nitro groups is 1. The molecule has 0 aliphatic carbocycles. The van der Waals surface area contributed by atoms with Gasteiger partial charge in [0.05, 0.1) is 10.5 Å². The van der Waals surface area contributed by atoms with Crippen molar-refractivity contribution >= 4 is 11.7 Å². The summed E-state index contributed by atoms with van der Waals surface area (Å²) in [5.74, 6) is -1.26. The van der Waals surface area contributed by atoms with Crippen LogP contribution in [0.15, 0.2) is 12.3 Å². The first-order valence-corrected chi connectivity index (χ1v) is 3.37. The van der Waals surface area contributed by atoms with Gasteiger partial charge in [-0.05, 0) is 6.92 Å². The highest BCUT2D eigenvalue weighted by Crippen LogP contribution is 2.18. The average Bonchev–Trinajstić information content (AvgIpc) is 2.03. The second-order valence-corrected chi connectivity index (χ2v) is 2.37. The Bertz CT molecular complexity index is 343. The minimum atomic E-state index is -1.26. The molecule has 1 N–H and O–H groups in total. The molecule has 1 aromatic heterocycles. The number of pyridine rings is 1. The third-order valence-corrected chi connectivity index (χ3v) is 1.57. The van der Waals surface area contributed by atoms with Crippen LogP contribution in [0, 0.1) is 17.0 Å². The minimum absolute atomic E-state index is 0.0694. The Morgan fingerprint density at radius 1 is 1.69 bits per heavy atom. The predicted octanol–water partition coefficient (Wildman–Crippen LogP) is 0.996. The summed E-state index contributed by atoms with van der Waals surface area (Å²) in [5, 5.41) is 19.0. The largest absolute Gasteiger partial charge is 0.476 e. The Hall–Kier alpha value is -1.98. The van der Waals surface area contributed by atoms with Crippen LogP contribution in [0.5, 0.6) is 0 Å². The molecule has 6 heteroatoms. The fourth-order valence-electron chi connectivity index (χ4n) is 0.939. The lowest BCUT2D eigenvalue weighted by Gasteiger charge is -1.99. The molecule has 1 heterocycles. The predicted molar refractivity (Wildman–Crippen MR) is 42.6 cm³/mol. The first kappa shape index (κ1) is 9.11. The fraction of sp³-hybridized carbons (Fsp3) is 0.143. The van der Waals surface area contributed by atoms with Gasteiger partial charge in [0.1, 0.15) is 0 Å². The number of nitrogens with zero attached hydrogens (tertiary/aromatic N) is 2. The number of carboxylic acid groups (broad SMARTS) is 1. The van der Waals surface area contributed by atoms with Crippen LogP contribution in [0.4, 0.5) is 5.69 Å². The lowest BCUT2D eigenvalue weighted by molar-refractivity contribution is -0.385. The molecule has 0 saturated carbocycles. The van der Waals surface area contributed by atoms with E-state index >= 15 is 0 Å². The van der Waals surface area contributed by atoms with E-state index in [2.05, 4.69) is 4.98 Å². The van der Waals surface area contributed by atoms with Gasteiger partial charge in [-0.3, -0.25) is 10.1 Å². The molecule has 0 radical (unpaired) electrons. The Labute approximate surface area is 73.0 Å². The van der Waals surface area contributed by atoms with Crippen molar-refractivity contribution in [2.75, 3.05) is 0 Å². The second kappa shape index (κ2) is 3.18. The number of rotatable bonds is 2. The maximum Gasteiger partial charge on any atom is 0.355 e. The molecule has 13 heavy (non-hydrogen) atoms. The Kier molecular flexibility index (Phi) is 2.23. The van der Waals surface area contributed by atoms with E-state index in [9.17, 15) is 14.9 Å². The summed E-state index contributed by atoms with van der Waals surface area (Å²) >= 11 is 0. The monoisotopic (exact) mass is 182 g/mol. The van der Waals surface area contributed by atoms with E-state index in [0.29, 0.717) is 0 Å².